The summed E-state index contributed by atoms with van der Waals surface area (Å²) in [5.74, 6) is -4.49. The van der Waals surface area contributed by atoms with E-state index in [1.165, 1.54) is 12.1 Å². The molecule has 0 fully saturated rings. The average molecular weight is 358 g/mol. The van der Waals surface area contributed by atoms with Crippen LogP contribution in [-0.4, -0.2) is 26.0 Å². The van der Waals surface area contributed by atoms with Crippen LogP contribution in [0.3, 0.4) is 0 Å². The summed E-state index contributed by atoms with van der Waals surface area (Å²) in [6.45, 7) is 1.57. The summed E-state index contributed by atoms with van der Waals surface area (Å²) >= 11 is 0. The largest absolute Gasteiger partial charge is 0.325 e. The van der Waals surface area contributed by atoms with Gasteiger partial charge in [0.1, 0.15) is 5.92 Å². The molecule has 2 aromatic carbocycles. The van der Waals surface area contributed by atoms with Crippen molar-refractivity contribution in [3.05, 3.63) is 59.7 Å². The number of hydrogen-bond acceptors (Lipinski definition) is 5. The van der Waals surface area contributed by atoms with Crippen molar-refractivity contribution >= 4 is 33.3 Å². The SMILES string of the molecule is Cc1ccccc1S(=O)(=O)NC(=O)C(=O)C1C(=O)Nc2ccccc21. The van der Waals surface area contributed by atoms with Crippen LogP contribution in [0, 0.1) is 6.92 Å². The second-order valence-corrected chi connectivity index (χ2v) is 7.22. The molecule has 0 spiro atoms. The number of para-hydroxylation sites is 1. The van der Waals surface area contributed by atoms with E-state index in [0.717, 1.165) is 0 Å². The Morgan fingerprint density at radius 1 is 1.04 bits per heavy atom. The summed E-state index contributed by atoms with van der Waals surface area (Å²) in [4.78, 5) is 36.4. The zero-order valence-corrected chi connectivity index (χ0v) is 14.0. The Bertz CT molecular complexity index is 998. The third kappa shape index (κ3) is 3.03. The molecule has 1 atom stereocenters. The van der Waals surface area contributed by atoms with E-state index < -0.39 is 33.5 Å². The lowest BCUT2D eigenvalue weighted by Crippen LogP contribution is -2.40. The summed E-state index contributed by atoms with van der Waals surface area (Å²) in [6.07, 6.45) is 0. The fraction of sp³-hybridized carbons (Fsp3) is 0.118. The van der Waals surface area contributed by atoms with Crippen molar-refractivity contribution in [2.75, 3.05) is 5.32 Å². The molecule has 1 aliphatic heterocycles. The zero-order chi connectivity index (χ0) is 18.2. The number of carbonyl (C=O) groups is 3. The van der Waals surface area contributed by atoms with E-state index in [1.54, 1.807) is 48.0 Å². The second-order valence-electron chi connectivity index (χ2n) is 5.57. The fourth-order valence-corrected chi connectivity index (χ4v) is 3.89. The van der Waals surface area contributed by atoms with Crippen LogP contribution in [-0.2, 0) is 24.4 Å². The minimum Gasteiger partial charge on any atom is -0.325 e. The lowest BCUT2D eigenvalue weighted by atomic mass is 9.96. The lowest BCUT2D eigenvalue weighted by Gasteiger charge is -2.10. The molecule has 3 rings (SSSR count). The Labute approximate surface area is 144 Å². The van der Waals surface area contributed by atoms with Gasteiger partial charge in [0.15, 0.2) is 0 Å². The normalized spacial score (nSPS) is 16.0. The predicted octanol–water partition coefficient (Wildman–Crippen LogP) is 1.10. The van der Waals surface area contributed by atoms with Gasteiger partial charge < -0.3 is 5.32 Å². The number of carbonyl (C=O) groups excluding carboxylic acids is 3. The van der Waals surface area contributed by atoms with E-state index >= 15 is 0 Å². The molecule has 0 saturated carbocycles. The number of ketones is 1. The smallest absolute Gasteiger partial charge is 0.302 e. The molecule has 2 N–H and O–H groups in total. The highest BCUT2D eigenvalue weighted by atomic mass is 32.2. The summed E-state index contributed by atoms with van der Waals surface area (Å²) in [5.41, 5.74) is 1.21. The van der Waals surface area contributed by atoms with E-state index in [-0.39, 0.29) is 4.90 Å². The molecule has 1 aliphatic rings. The summed E-state index contributed by atoms with van der Waals surface area (Å²) in [7, 11) is -4.21. The van der Waals surface area contributed by atoms with Gasteiger partial charge in [-0.25, -0.2) is 13.1 Å². The first-order valence-corrected chi connectivity index (χ1v) is 8.86. The van der Waals surface area contributed by atoms with E-state index in [4.69, 9.17) is 0 Å². The van der Waals surface area contributed by atoms with Gasteiger partial charge in [0, 0.05) is 5.69 Å². The van der Waals surface area contributed by atoms with Crippen molar-refractivity contribution in [3.8, 4) is 0 Å². The van der Waals surface area contributed by atoms with Gasteiger partial charge in [-0.1, -0.05) is 36.4 Å². The van der Waals surface area contributed by atoms with Gasteiger partial charge in [-0.3, -0.25) is 14.4 Å². The molecule has 7 nitrogen and oxygen atoms in total. The van der Waals surface area contributed by atoms with Gasteiger partial charge in [0.25, 0.3) is 10.0 Å². The van der Waals surface area contributed by atoms with E-state index in [1.807, 2.05) is 0 Å². The predicted molar refractivity (Wildman–Crippen MR) is 89.3 cm³/mol. The third-order valence-electron chi connectivity index (χ3n) is 3.89. The number of anilines is 1. The Morgan fingerprint density at radius 2 is 1.68 bits per heavy atom. The van der Waals surface area contributed by atoms with Gasteiger partial charge in [-0.2, -0.15) is 0 Å². The Kier molecular flexibility index (Phi) is 4.13. The maximum absolute atomic E-state index is 12.4. The highest BCUT2D eigenvalue weighted by Gasteiger charge is 2.40. The monoisotopic (exact) mass is 358 g/mol. The van der Waals surface area contributed by atoms with Gasteiger partial charge in [-0.05, 0) is 30.2 Å². The van der Waals surface area contributed by atoms with E-state index in [0.29, 0.717) is 16.8 Å². The number of hydrogen-bond donors (Lipinski definition) is 2. The summed E-state index contributed by atoms with van der Waals surface area (Å²) in [5, 5.41) is 2.50. The number of benzene rings is 2. The topological polar surface area (TPSA) is 109 Å². The van der Waals surface area contributed by atoms with E-state index in [2.05, 4.69) is 5.32 Å². The summed E-state index contributed by atoms with van der Waals surface area (Å²) in [6, 6.07) is 12.5. The van der Waals surface area contributed by atoms with Crippen LogP contribution in [0.4, 0.5) is 5.69 Å². The number of fused-ring (bicyclic) bond motifs is 1. The van der Waals surface area contributed by atoms with Crippen molar-refractivity contribution in [1.29, 1.82) is 0 Å². The molecule has 8 heteroatoms. The molecular weight excluding hydrogens is 344 g/mol. The molecule has 0 bridgehead atoms. The molecule has 0 saturated heterocycles. The number of aryl methyl sites for hydroxylation is 1. The van der Waals surface area contributed by atoms with Gasteiger partial charge in [0.2, 0.25) is 11.7 Å². The van der Waals surface area contributed by atoms with E-state index in [9.17, 15) is 22.8 Å². The van der Waals surface area contributed by atoms with Crippen LogP contribution in [0.15, 0.2) is 53.4 Å². The second kappa shape index (κ2) is 6.14. The van der Waals surface area contributed by atoms with Crippen LogP contribution < -0.4 is 10.0 Å². The van der Waals surface area contributed by atoms with Crippen molar-refractivity contribution in [2.24, 2.45) is 0 Å². The van der Waals surface area contributed by atoms with Crippen molar-refractivity contribution in [1.82, 2.24) is 4.72 Å². The van der Waals surface area contributed by atoms with Crippen LogP contribution in [0.1, 0.15) is 17.0 Å². The molecule has 2 aromatic rings. The quantitative estimate of drug-likeness (QED) is 0.628. The molecule has 1 unspecified atom stereocenters. The maximum Gasteiger partial charge on any atom is 0.302 e. The van der Waals surface area contributed by atoms with Crippen molar-refractivity contribution in [2.45, 2.75) is 17.7 Å². The van der Waals surface area contributed by atoms with Gasteiger partial charge in [0.05, 0.1) is 4.90 Å². The zero-order valence-electron chi connectivity index (χ0n) is 13.1. The molecule has 25 heavy (non-hydrogen) atoms. The molecular formula is C17H14N2O5S. The summed E-state index contributed by atoms with van der Waals surface area (Å²) < 4.78 is 26.4. The minimum atomic E-state index is -4.21. The van der Waals surface area contributed by atoms with Gasteiger partial charge in [-0.15, -0.1) is 0 Å². The average Bonchev–Trinajstić information content (AvgIpc) is 2.89. The van der Waals surface area contributed by atoms with Crippen molar-refractivity contribution < 1.29 is 22.8 Å². The Hall–Kier alpha value is -3.00. The lowest BCUT2D eigenvalue weighted by molar-refractivity contribution is -0.139. The fourth-order valence-electron chi connectivity index (χ4n) is 2.69. The first-order valence-electron chi connectivity index (χ1n) is 7.37. The Morgan fingerprint density at radius 3 is 2.40 bits per heavy atom. The maximum atomic E-state index is 12.4. The Balaban J connectivity index is 1.86. The molecule has 1 heterocycles. The van der Waals surface area contributed by atoms with Crippen molar-refractivity contribution in [3.63, 3.8) is 0 Å². The first kappa shape index (κ1) is 16.8. The molecule has 0 aliphatic carbocycles. The van der Waals surface area contributed by atoms with Crippen LogP contribution in [0.5, 0.6) is 0 Å². The number of rotatable bonds is 4. The van der Waals surface area contributed by atoms with Crippen LogP contribution in [0.25, 0.3) is 0 Å². The first-order chi connectivity index (χ1) is 11.8. The molecule has 0 radical (unpaired) electrons. The molecule has 2 amide bonds. The number of Topliss-reactive ketones (excluding diaryl/α,β-unsaturated/α-hetero) is 1. The molecule has 0 aromatic heterocycles. The highest BCUT2D eigenvalue weighted by Crippen LogP contribution is 2.32. The minimum absolute atomic E-state index is 0.104. The standard InChI is InChI=1S/C17H14N2O5S/c1-10-6-2-5-9-13(10)25(23,24)19-17(22)15(20)14-11-7-3-4-8-12(11)18-16(14)21/h2-9,14H,1H3,(H,18,21)(H,19,22). The third-order valence-corrected chi connectivity index (χ3v) is 5.38. The van der Waals surface area contributed by atoms with Gasteiger partial charge >= 0.3 is 5.91 Å². The van der Waals surface area contributed by atoms with Crippen LogP contribution in [0.2, 0.25) is 0 Å². The molecule has 128 valence electrons. The van der Waals surface area contributed by atoms with Crippen LogP contribution >= 0.6 is 0 Å². The number of sulfonamides is 1. The number of nitrogens with one attached hydrogen (secondary N) is 2. The number of amides is 2. The highest BCUT2D eigenvalue weighted by molar-refractivity contribution is 7.90.